The minimum atomic E-state index is 0.185. The Hall–Kier alpha value is -1.68. The molecule has 0 unspecified atom stereocenters. The van der Waals surface area contributed by atoms with Crippen LogP contribution in [-0.4, -0.2) is 17.4 Å². The molecule has 0 fully saturated rings. The third kappa shape index (κ3) is 2.40. The molecule has 98 valence electrons. The van der Waals surface area contributed by atoms with Crippen molar-refractivity contribution in [3.63, 3.8) is 0 Å². The summed E-state index contributed by atoms with van der Waals surface area (Å²) in [6, 6.07) is 7.89. The van der Waals surface area contributed by atoms with Crippen molar-refractivity contribution < 1.29 is 9.53 Å². The Morgan fingerprint density at radius 3 is 3.05 bits per heavy atom. The van der Waals surface area contributed by atoms with Crippen LogP contribution in [0.4, 0.5) is 0 Å². The maximum absolute atomic E-state index is 11.8. The summed E-state index contributed by atoms with van der Waals surface area (Å²) >= 11 is 1.63. The molecule has 0 saturated carbocycles. The Balaban J connectivity index is 1.98. The smallest absolute Gasteiger partial charge is 0.182 e. The molecule has 0 aliphatic heterocycles. The molecule has 1 heterocycles. The molecule has 3 rings (SSSR count). The predicted octanol–water partition coefficient (Wildman–Crippen LogP) is 3.73. The molecule has 0 N–H and O–H groups in total. The van der Waals surface area contributed by atoms with E-state index in [9.17, 15) is 4.79 Å². The number of aromatic nitrogens is 1. The first kappa shape index (κ1) is 12.4. The van der Waals surface area contributed by atoms with Crippen LogP contribution in [0, 0.1) is 0 Å². The number of thiazole rings is 1. The number of nitrogens with zero attached hydrogens (tertiary/aromatic N) is 1. The summed E-state index contributed by atoms with van der Waals surface area (Å²) in [5.74, 6) is 1.03. The van der Waals surface area contributed by atoms with Gasteiger partial charge in [0.25, 0.3) is 0 Å². The van der Waals surface area contributed by atoms with Crippen molar-refractivity contribution in [2.45, 2.75) is 26.2 Å². The summed E-state index contributed by atoms with van der Waals surface area (Å²) in [5, 5.41) is 0.918. The molecule has 3 nitrogen and oxygen atoms in total. The summed E-state index contributed by atoms with van der Waals surface area (Å²) in [4.78, 5) is 17.5. The van der Waals surface area contributed by atoms with Gasteiger partial charge in [-0.15, -0.1) is 11.3 Å². The minimum Gasteiger partial charge on any atom is -0.494 e. The molecule has 4 heteroatoms. The van der Waals surface area contributed by atoms with E-state index in [1.165, 1.54) is 0 Å². The molecule has 0 spiro atoms. The minimum absolute atomic E-state index is 0.185. The Morgan fingerprint density at radius 1 is 1.37 bits per heavy atom. The summed E-state index contributed by atoms with van der Waals surface area (Å²) < 4.78 is 5.50. The summed E-state index contributed by atoms with van der Waals surface area (Å²) in [7, 11) is 0. The van der Waals surface area contributed by atoms with E-state index < -0.39 is 0 Å². The highest BCUT2D eigenvalue weighted by Crippen LogP contribution is 2.33. The molecule has 0 atom stereocenters. The van der Waals surface area contributed by atoms with Gasteiger partial charge in [0.1, 0.15) is 16.5 Å². The van der Waals surface area contributed by atoms with Crippen LogP contribution in [0.1, 0.15) is 35.1 Å². The zero-order valence-electron chi connectivity index (χ0n) is 10.8. The third-order valence-electron chi connectivity index (χ3n) is 3.16. The van der Waals surface area contributed by atoms with Crippen LogP contribution in [0.3, 0.4) is 0 Å². The van der Waals surface area contributed by atoms with Crippen LogP contribution in [0.25, 0.3) is 10.6 Å². The molecule has 1 aliphatic carbocycles. The number of Topliss-reactive ketones (excluding diaryl/α,β-unsaturated/α-hetero) is 1. The molecule has 19 heavy (non-hydrogen) atoms. The lowest BCUT2D eigenvalue weighted by molar-refractivity contribution is 0.0968. The van der Waals surface area contributed by atoms with Gasteiger partial charge < -0.3 is 4.74 Å². The maximum Gasteiger partial charge on any atom is 0.182 e. The Kier molecular flexibility index (Phi) is 3.34. The van der Waals surface area contributed by atoms with E-state index in [1.54, 1.807) is 11.3 Å². The van der Waals surface area contributed by atoms with Gasteiger partial charge in [0, 0.05) is 16.9 Å². The van der Waals surface area contributed by atoms with E-state index >= 15 is 0 Å². The van der Waals surface area contributed by atoms with Gasteiger partial charge >= 0.3 is 0 Å². The normalized spacial score (nSPS) is 14.3. The molecular weight excluding hydrogens is 258 g/mol. The molecule has 0 amide bonds. The lowest BCUT2D eigenvalue weighted by atomic mass is 10.0. The van der Waals surface area contributed by atoms with E-state index in [4.69, 9.17) is 4.74 Å². The second-order valence-corrected chi connectivity index (χ2v) is 5.61. The number of hydrogen-bond donors (Lipinski definition) is 0. The molecule has 1 aliphatic rings. The largest absolute Gasteiger partial charge is 0.494 e. The average Bonchev–Trinajstić information content (AvgIpc) is 2.85. The third-order valence-corrected chi connectivity index (χ3v) is 4.33. The fourth-order valence-electron chi connectivity index (χ4n) is 2.28. The number of fused-ring (bicyclic) bond motifs is 1. The SMILES string of the molecule is CCOc1cccc(-c2nc3c(s2)CCCC3=O)c1. The van der Waals surface area contributed by atoms with Crippen molar-refractivity contribution in [3.8, 4) is 16.3 Å². The van der Waals surface area contributed by atoms with Crippen LogP contribution in [0.15, 0.2) is 24.3 Å². The van der Waals surface area contributed by atoms with Gasteiger partial charge in [-0.05, 0) is 31.9 Å². The number of ketones is 1. The van der Waals surface area contributed by atoms with Gasteiger partial charge in [-0.2, -0.15) is 0 Å². The van der Waals surface area contributed by atoms with Crippen molar-refractivity contribution in [3.05, 3.63) is 34.8 Å². The van der Waals surface area contributed by atoms with Gasteiger partial charge in [-0.3, -0.25) is 4.79 Å². The monoisotopic (exact) mass is 273 g/mol. The number of aryl methyl sites for hydroxylation is 1. The Morgan fingerprint density at radius 2 is 2.26 bits per heavy atom. The van der Waals surface area contributed by atoms with Crippen LogP contribution >= 0.6 is 11.3 Å². The highest BCUT2D eigenvalue weighted by molar-refractivity contribution is 7.15. The average molecular weight is 273 g/mol. The van der Waals surface area contributed by atoms with Crippen LogP contribution in [0.2, 0.25) is 0 Å². The second kappa shape index (κ2) is 5.13. The van der Waals surface area contributed by atoms with Crippen LogP contribution in [0.5, 0.6) is 5.75 Å². The lowest BCUT2D eigenvalue weighted by Crippen LogP contribution is -2.08. The number of carbonyl (C=O) groups is 1. The summed E-state index contributed by atoms with van der Waals surface area (Å²) in [6.07, 6.45) is 2.56. The number of benzene rings is 1. The number of hydrogen-bond acceptors (Lipinski definition) is 4. The Bertz CT molecular complexity index is 618. The highest BCUT2D eigenvalue weighted by atomic mass is 32.1. The van der Waals surface area contributed by atoms with Crippen molar-refractivity contribution in [2.75, 3.05) is 6.61 Å². The van der Waals surface area contributed by atoms with E-state index in [0.29, 0.717) is 18.7 Å². The van der Waals surface area contributed by atoms with Crippen molar-refractivity contribution >= 4 is 17.1 Å². The fraction of sp³-hybridized carbons (Fsp3) is 0.333. The van der Waals surface area contributed by atoms with E-state index in [-0.39, 0.29) is 5.78 Å². The lowest BCUT2D eigenvalue weighted by Gasteiger charge is -2.06. The van der Waals surface area contributed by atoms with E-state index in [1.807, 2.05) is 31.2 Å². The standard InChI is InChI=1S/C15H15NO2S/c1-2-18-11-6-3-5-10(9-11)15-16-14-12(17)7-4-8-13(14)19-15/h3,5-6,9H,2,4,7-8H2,1H3. The molecule has 0 bridgehead atoms. The molecular formula is C15H15NO2S. The van der Waals surface area contributed by atoms with E-state index in [2.05, 4.69) is 4.98 Å². The van der Waals surface area contributed by atoms with Crippen LogP contribution < -0.4 is 4.74 Å². The first-order valence-corrected chi connectivity index (χ1v) is 7.35. The maximum atomic E-state index is 11.8. The van der Waals surface area contributed by atoms with Gasteiger partial charge in [0.05, 0.1) is 6.61 Å². The number of carbonyl (C=O) groups excluding carboxylic acids is 1. The van der Waals surface area contributed by atoms with Crippen molar-refractivity contribution in [1.29, 1.82) is 0 Å². The first-order chi connectivity index (χ1) is 9.28. The second-order valence-electron chi connectivity index (χ2n) is 4.53. The van der Waals surface area contributed by atoms with Crippen molar-refractivity contribution in [2.24, 2.45) is 0 Å². The highest BCUT2D eigenvalue weighted by Gasteiger charge is 2.22. The summed E-state index contributed by atoms with van der Waals surface area (Å²) in [6.45, 7) is 2.61. The molecule has 0 saturated heterocycles. The topological polar surface area (TPSA) is 39.2 Å². The number of rotatable bonds is 3. The zero-order chi connectivity index (χ0) is 13.2. The van der Waals surface area contributed by atoms with Crippen LogP contribution in [-0.2, 0) is 6.42 Å². The molecule has 2 aromatic rings. The van der Waals surface area contributed by atoms with Gasteiger partial charge in [0.2, 0.25) is 0 Å². The quantitative estimate of drug-likeness (QED) is 0.855. The molecule has 1 aromatic carbocycles. The van der Waals surface area contributed by atoms with Gasteiger partial charge in [-0.25, -0.2) is 4.98 Å². The summed E-state index contributed by atoms with van der Waals surface area (Å²) in [5.41, 5.74) is 1.71. The van der Waals surface area contributed by atoms with E-state index in [0.717, 1.165) is 34.0 Å². The van der Waals surface area contributed by atoms with Gasteiger partial charge in [-0.1, -0.05) is 12.1 Å². The van der Waals surface area contributed by atoms with Gasteiger partial charge in [0.15, 0.2) is 5.78 Å². The Labute approximate surface area is 116 Å². The molecule has 1 aromatic heterocycles. The fourth-order valence-corrected chi connectivity index (χ4v) is 3.39. The number of ether oxygens (including phenoxy) is 1. The first-order valence-electron chi connectivity index (χ1n) is 6.54. The zero-order valence-corrected chi connectivity index (χ0v) is 11.6. The molecule has 0 radical (unpaired) electrons. The predicted molar refractivity (Wildman–Crippen MR) is 76.0 cm³/mol. The van der Waals surface area contributed by atoms with Crippen molar-refractivity contribution in [1.82, 2.24) is 4.98 Å².